The highest BCUT2D eigenvalue weighted by Crippen LogP contribution is 2.19. The number of aliphatic carboxylic acids is 2. The minimum absolute atomic E-state index is 0.0350. The first-order valence-electron chi connectivity index (χ1n) is 12.1. The number of carbonyl (C=O) groups is 3. The highest BCUT2D eigenvalue weighted by Gasteiger charge is 2.32. The number of nitrogens with two attached hydrogens (primary N) is 2. The molecule has 1 amide bonds. The molecule has 17 nitrogen and oxygen atoms in total. The summed E-state index contributed by atoms with van der Waals surface area (Å²) >= 11 is 0. The molecule has 0 saturated heterocycles. The second-order valence-electron chi connectivity index (χ2n) is 8.58. The molecule has 0 saturated carbocycles. The van der Waals surface area contributed by atoms with Gasteiger partial charge in [0.1, 0.15) is 12.1 Å². The van der Waals surface area contributed by atoms with E-state index in [4.69, 9.17) is 37.0 Å². The Bertz CT molecular complexity index is 1010. The fourth-order valence-electron chi connectivity index (χ4n) is 2.10. The lowest BCUT2D eigenvalue weighted by Gasteiger charge is -2.26. The predicted octanol–water partition coefficient (Wildman–Crippen LogP) is -2.41. The van der Waals surface area contributed by atoms with Crippen LogP contribution in [0.2, 0.25) is 0 Å². The largest absolute Gasteiger partial charge is 0.481 e. The van der Waals surface area contributed by atoms with E-state index in [1.54, 1.807) is 0 Å². The molecule has 0 aliphatic heterocycles. The molecule has 0 spiro atoms. The smallest absolute Gasteiger partial charge is 0.320 e. The van der Waals surface area contributed by atoms with E-state index in [-0.39, 0.29) is 37.7 Å². The number of imidazole rings is 1. The number of aromatic amines is 2. The van der Waals surface area contributed by atoms with Crippen LogP contribution < -0.4 is 22.3 Å². The molecule has 2 aromatic rings. The first-order valence-corrected chi connectivity index (χ1v) is 12.1. The molecule has 40 heavy (non-hydrogen) atoms. The Kier molecular flexibility index (Phi) is 24.0. The number of carboxylic acid groups (broad SMARTS) is 2. The molecule has 17 heteroatoms. The Morgan fingerprint density at radius 2 is 1.60 bits per heavy atom. The molecule has 0 bridgehead atoms. The van der Waals surface area contributed by atoms with Crippen molar-refractivity contribution in [3.05, 3.63) is 23.0 Å². The number of aromatic nitrogens is 4. The van der Waals surface area contributed by atoms with Gasteiger partial charge >= 0.3 is 11.9 Å². The summed E-state index contributed by atoms with van der Waals surface area (Å²) in [4.78, 5) is 55.2. The summed E-state index contributed by atoms with van der Waals surface area (Å²) in [7, 11) is 1.00. The molecule has 0 radical (unpaired) electrons. The first-order chi connectivity index (χ1) is 18.7. The summed E-state index contributed by atoms with van der Waals surface area (Å²) < 4.78 is 0. The monoisotopic (exact) mass is 579 g/mol. The maximum Gasteiger partial charge on any atom is 0.320 e. The molecular formula is C23H45N7O10. The number of nitrogens with zero attached hydrogens (tertiary/aromatic N) is 2. The summed E-state index contributed by atoms with van der Waals surface area (Å²) in [5.41, 5.74) is 9.79. The van der Waals surface area contributed by atoms with Gasteiger partial charge in [-0.3, -0.25) is 19.2 Å². The van der Waals surface area contributed by atoms with Crippen LogP contribution in [0.25, 0.3) is 11.2 Å². The lowest BCUT2D eigenvalue weighted by Crippen LogP contribution is -2.45. The van der Waals surface area contributed by atoms with Crippen molar-refractivity contribution in [3.8, 4) is 0 Å². The van der Waals surface area contributed by atoms with Crippen molar-refractivity contribution in [2.24, 2.45) is 22.8 Å². The highest BCUT2D eigenvalue weighted by atomic mass is 16.4. The molecule has 3 atom stereocenters. The lowest BCUT2D eigenvalue weighted by molar-refractivity contribution is -0.140. The molecule has 0 aliphatic rings. The van der Waals surface area contributed by atoms with E-state index in [2.05, 4.69) is 25.3 Å². The molecule has 0 aliphatic carbocycles. The molecule has 2 heterocycles. The summed E-state index contributed by atoms with van der Waals surface area (Å²) in [5.74, 6) is -2.53. The van der Waals surface area contributed by atoms with E-state index >= 15 is 0 Å². The molecule has 232 valence electrons. The summed E-state index contributed by atoms with van der Waals surface area (Å²) in [6.07, 6.45) is 2.03. The number of aliphatic hydroxyl groups excluding tert-OH is 4. The van der Waals surface area contributed by atoms with E-state index in [1.807, 2.05) is 13.8 Å². The molecule has 2 aromatic heterocycles. The summed E-state index contributed by atoms with van der Waals surface area (Å²) in [6.45, 7) is 6.93. The molecule has 0 fully saturated rings. The van der Waals surface area contributed by atoms with Crippen LogP contribution in [0.15, 0.2) is 17.4 Å². The molecule has 0 aromatic carbocycles. The number of carboxylic acids is 2. The number of amides is 1. The molecular weight excluding hydrogens is 534 g/mol. The highest BCUT2D eigenvalue weighted by molar-refractivity contribution is 5.81. The normalized spacial score (nSPS) is 12.3. The standard InChI is InChI=1S/C9H17NO5.C6H13NO2.C5H4N4O.C2H7NO.CH4O/c1-9(2,5-11)7(14)8(15)10-4-3-6(12)13;1-3-4(2)5(7)6(8)9;10-5-3-4(7-1-6-3)8-2-9-5;3-1-2-4;1-2/h7,11,14H,3-5H2,1-2H3,(H,10,15)(H,12,13);4-5H,3,7H2,1-2H3,(H,8,9);1-2H,(H2,6,7,8,9,10);4H,1-3H2;2H,1H3/t7-;;;;/m0..../s1. The summed E-state index contributed by atoms with van der Waals surface area (Å²) in [5, 5.41) is 52.1. The zero-order valence-corrected chi connectivity index (χ0v) is 23.5. The number of hydrogen-bond acceptors (Lipinski definition) is 12. The fraction of sp³-hybridized carbons (Fsp3) is 0.652. The van der Waals surface area contributed by atoms with Crippen LogP contribution in [-0.4, -0.2) is 114 Å². The Hall–Kier alpha value is -3.48. The van der Waals surface area contributed by atoms with Crippen LogP contribution in [-0.2, 0) is 14.4 Å². The third kappa shape index (κ3) is 17.9. The van der Waals surface area contributed by atoms with Crippen LogP contribution in [0, 0.1) is 11.3 Å². The maximum absolute atomic E-state index is 11.3. The van der Waals surface area contributed by atoms with Crippen molar-refractivity contribution in [3.63, 3.8) is 0 Å². The van der Waals surface area contributed by atoms with Crippen molar-refractivity contribution < 1.29 is 45.0 Å². The maximum atomic E-state index is 11.3. The van der Waals surface area contributed by atoms with Gasteiger partial charge in [0, 0.05) is 25.6 Å². The summed E-state index contributed by atoms with van der Waals surface area (Å²) in [6, 6.07) is -0.699. The van der Waals surface area contributed by atoms with E-state index in [9.17, 15) is 24.3 Å². The Labute approximate surface area is 231 Å². The topological polar surface area (TPSA) is 311 Å². The van der Waals surface area contributed by atoms with Gasteiger partial charge in [0.2, 0.25) is 5.91 Å². The van der Waals surface area contributed by atoms with E-state index in [1.165, 1.54) is 26.5 Å². The van der Waals surface area contributed by atoms with E-state index in [0.29, 0.717) is 17.7 Å². The second-order valence-corrected chi connectivity index (χ2v) is 8.58. The van der Waals surface area contributed by atoms with Crippen LogP contribution >= 0.6 is 0 Å². The Balaban J connectivity index is -0.000000479. The average molecular weight is 580 g/mol. The van der Waals surface area contributed by atoms with E-state index in [0.717, 1.165) is 13.5 Å². The minimum Gasteiger partial charge on any atom is -0.481 e. The van der Waals surface area contributed by atoms with Crippen molar-refractivity contribution in [2.45, 2.75) is 52.7 Å². The first kappa shape index (κ1) is 41.0. The van der Waals surface area contributed by atoms with Crippen LogP contribution in [0.3, 0.4) is 0 Å². The van der Waals surface area contributed by atoms with Gasteiger partial charge in [0.15, 0.2) is 11.2 Å². The van der Waals surface area contributed by atoms with Gasteiger partial charge in [0.25, 0.3) is 5.56 Å². The zero-order valence-electron chi connectivity index (χ0n) is 23.5. The van der Waals surface area contributed by atoms with Crippen molar-refractivity contribution in [2.75, 3.05) is 33.4 Å². The molecule has 2 rings (SSSR count). The van der Waals surface area contributed by atoms with Gasteiger partial charge in [0.05, 0.1) is 32.3 Å². The lowest BCUT2D eigenvalue weighted by atomic mass is 9.87. The van der Waals surface area contributed by atoms with Gasteiger partial charge in [-0.05, 0) is 5.92 Å². The number of rotatable bonds is 10. The van der Waals surface area contributed by atoms with Gasteiger partial charge in [-0.1, -0.05) is 34.1 Å². The van der Waals surface area contributed by atoms with Crippen molar-refractivity contribution in [1.82, 2.24) is 25.3 Å². The predicted molar refractivity (Wildman–Crippen MR) is 146 cm³/mol. The number of aliphatic hydroxyl groups is 4. The SMILES string of the molecule is CC(C)(CO)[C@@H](O)C(=O)NCCC(=O)O.CCC(C)C(N)C(=O)O.CO.NCCO.O=c1[nH]cnc2nc[nH]c12. The minimum atomic E-state index is -1.35. The third-order valence-electron chi connectivity index (χ3n) is 4.93. The number of H-pyrrole nitrogens is 2. The number of fused-ring (bicyclic) bond motifs is 1. The fourth-order valence-corrected chi connectivity index (χ4v) is 2.10. The van der Waals surface area contributed by atoms with Gasteiger partial charge in [-0.2, -0.15) is 0 Å². The van der Waals surface area contributed by atoms with Gasteiger partial charge in [-0.15, -0.1) is 0 Å². The van der Waals surface area contributed by atoms with Crippen LogP contribution in [0.1, 0.15) is 40.5 Å². The zero-order chi connectivity index (χ0) is 31.9. The van der Waals surface area contributed by atoms with Crippen LogP contribution in [0.5, 0.6) is 0 Å². The Morgan fingerprint density at radius 1 is 1.10 bits per heavy atom. The number of carbonyl (C=O) groups excluding carboxylic acids is 1. The van der Waals surface area contributed by atoms with Gasteiger partial charge in [-0.25, -0.2) is 9.97 Å². The average Bonchev–Trinajstić information content (AvgIpc) is 3.43. The quantitative estimate of drug-likeness (QED) is 0.140. The van der Waals surface area contributed by atoms with Crippen molar-refractivity contribution >= 4 is 29.0 Å². The van der Waals surface area contributed by atoms with Crippen molar-refractivity contribution in [1.29, 1.82) is 0 Å². The van der Waals surface area contributed by atoms with Gasteiger partial charge < -0.3 is 57.4 Å². The second kappa shape index (κ2) is 23.4. The third-order valence-corrected chi connectivity index (χ3v) is 4.93. The van der Waals surface area contributed by atoms with Crippen LogP contribution in [0.4, 0.5) is 0 Å². The Morgan fingerprint density at radius 3 is 1.95 bits per heavy atom. The molecule has 13 N–H and O–H groups in total. The number of hydrogen-bond donors (Lipinski definition) is 11. The molecule has 2 unspecified atom stereocenters. The number of nitrogens with one attached hydrogen (secondary N) is 3. The van der Waals surface area contributed by atoms with E-state index < -0.39 is 35.4 Å².